The molecule has 1 amide bonds. The number of benzene rings is 2. The molecule has 0 fully saturated rings. The van der Waals surface area contributed by atoms with Crippen molar-refractivity contribution in [3.05, 3.63) is 58.7 Å². The smallest absolute Gasteiger partial charge is 0.336 e. The highest BCUT2D eigenvalue weighted by Gasteiger charge is 2.23. The van der Waals surface area contributed by atoms with Crippen LogP contribution >= 0.6 is 0 Å². The Hall–Kier alpha value is -3.68. The Bertz CT molecular complexity index is 1110. The van der Waals surface area contributed by atoms with Gasteiger partial charge in [0, 0.05) is 6.54 Å². The van der Waals surface area contributed by atoms with Crippen molar-refractivity contribution in [3.63, 3.8) is 0 Å². The van der Waals surface area contributed by atoms with Crippen molar-refractivity contribution in [1.29, 1.82) is 0 Å². The van der Waals surface area contributed by atoms with E-state index < -0.39 is 34.9 Å². The quantitative estimate of drug-likeness (QED) is 0.155. The van der Waals surface area contributed by atoms with Gasteiger partial charge >= 0.3 is 17.9 Å². The minimum atomic E-state index is -1.43. The van der Waals surface area contributed by atoms with Crippen molar-refractivity contribution in [2.45, 2.75) is 84.0 Å². The average molecular weight is 526 g/mol. The molecule has 0 bridgehead atoms. The number of rotatable bonds is 18. The van der Waals surface area contributed by atoms with Gasteiger partial charge in [-0.1, -0.05) is 95.8 Å². The molecule has 0 saturated heterocycles. The molecule has 0 heterocycles. The number of nitrogens with one attached hydrogen (secondary N) is 1. The molecular formula is C30H39NO7. The summed E-state index contributed by atoms with van der Waals surface area (Å²) in [6, 6.07) is 7.96. The third kappa shape index (κ3) is 9.32. The molecule has 4 N–H and O–H groups in total. The number of carboxylic acids is 3. The van der Waals surface area contributed by atoms with Crippen molar-refractivity contribution in [3.8, 4) is 11.1 Å². The topological polar surface area (TPSA) is 141 Å². The van der Waals surface area contributed by atoms with Crippen LogP contribution in [0.2, 0.25) is 0 Å². The number of carbonyl (C=O) groups excluding carboxylic acids is 1. The van der Waals surface area contributed by atoms with E-state index in [0.29, 0.717) is 6.54 Å². The largest absolute Gasteiger partial charge is 0.478 e. The first-order valence-corrected chi connectivity index (χ1v) is 13.5. The number of unbranched alkanes of at least 4 members (excludes halogenated alkanes) is 11. The fourth-order valence-corrected chi connectivity index (χ4v) is 4.55. The highest BCUT2D eigenvalue weighted by molar-refractivity contribution is 6.10. The third-order valence-electron chi connectivity index (χ3n) is 6.63. The van der Waals surface area contributed by atoms with Crippen LogP contribution in [-0.2, 0) is 0 Å². The molecule has 0 atom stereocenters. The predicted octanol–water partition coefficient (Wildman–Crippen LogP) is 6.88. The van der Waals surface area contributed by atoms with E-state index in [2.05, 4.69) is 12.2 Å². The maximum Gasteiger partial charge on any atom is 0.336 e. The normalized spacial score (nSPS) is 10.8. The molecule has 0 aliphatic rings. The van der Waals surface area contributed by atoms with Gasteiger partial charge in [0.15, 0.2) is 0 Å². The Labute approximate surface area is 224 Å². The van der Waals surface area contributed by atoms with E-state index in [0.717, 1.165) is 37.8 Å². The monoisotopic (exact) mass is 525 g/mol. The Morgan fingerprint density at radius 1 is 0.632 bits per heavy atom. The Balaban J connectivity index is 1.97. The van der Waals surface area contributed by atoms with E-state index in [4.69, 9.17) is 0 Å². The molecule has 0 aliphatic carbocycles. The van der Waals surface area contributed by atoms with Crippen LogP contribution in [0.15, 0.2) is 36.4 Å². The summed E-state index contributed by atoms with van der Waals surface area (Å²) < 4.78 is 0. The second-order valence-corrected chi connectivity index (χ2v) is 9.55. The first-order chi connectivity index (χ1) is 18.3. The van der Waals surface area contributed by atoms with E-state index in [9.17, 15) is 34.5 Å². The molecule has 0 spiro atoms. The van der Waals surface area contributed by atoms with Gasteiger partial charge in [-0.2, -0.15) is 0 Å². The van der Waals surface area contributed by atoms with Crippen LogP contribution in [0, 0.1) is 0 Å². The predicted molar refractivity (Wildman–Crippen MR) is 146 cm³/mol. The summed E-state index contributed by atoms with van der Waals surface area (Å²) in [4.78, 5) is 47.9. The number of carbonyl (C=O) groups is 4. The fraction of sp³-hybridized carbons (Fsp3) is 0.467. The lowest BCUT2D eigenvalue weighted by atomic mass is 9.92. The van der Waals surface area contributed by atoms with Crippen LogP contribution in [0.4, 0.5) is 0 Å². The van der Waals surface area contributed by atoms with Gasteiger partial charge in [-0.15, -0.1) is 0 Å². The Morgan fingerprint density at radius 2 is 1.16 bits per heavy atom. The zero-order valence-corrected chi connectivity index (χ0v) is 22.1. The van der Waals surface area contributed by atoms with Gasteiger partial charge in [-0.25, -0.2) is 14.4 Å². The highest BCUT2D eigenvalue weighted by atomic mass is 16.4. The first kappa shape index (κ1) is 30.5. The number of hydrogen-bond acceptors (Lipinski definition) is 4. The van der Waals surface area contributed by atoms with Crippen molar-refractivity contribution in [1.82, 2.24) is 5.32 Å². The number of amides is 1. The van der Waals surface area contributed by atoms with E-state index in [1.807, 2.05) is 0 Å². The van der Waals surface area contributed by atoms with Crippen molar-refractivity contribution in [2.24, 2.45) is 0 Å². The van der Waals surface area contributed by atoms with Crippen LogP contribution in [0.3, 0.4) is 0 Å². The summed E-state index contributed by atoms with van der Waals surface area (Å²) in [5, 5.41) is 31.2. The standard InChI is InChI=1S/C30H39NO7/c1-2-3-4-5-6-7-8-9-10-11-12-13-19-31-27(32)26-22(15-14-16-24(26)29(35)36)21-17-18-23(28(33)34)25(20-21)30(37)38/h14-18,20H,2-13,19H2,1H3,(H,31,32)(H,33,34)(H,35,36)(H,37,38). The summed E-state index contributed by atoms with van der Waals surface area (Å²) in [5.41, 5.74) is -0.679. The minimum Gasteiger partial charge on any atom is -0.478 e. The van der Waals surface area contributed by atoms with Crippen molar-refractivity contribution < 1.29 is 34.5 Å². The SMILES string of the molecule is CCCCCCCCCCCCCCNC(=O)c1c(C(=O)O)cccc1-c1ccc(C(=O)O)c(C(=O)O)c1. The van der Waals surface area contributed by atoms with Crippen LogP contribution in [-0.4, -0.2) is 45.7 Å². The highest BCUT2D eigenvalue weighted by Crippen LogP contribution is 2.29. The van der Waals surface area contributed by atoms with Crippen LogP contribution in [0.5, 0.6) is 0 Å². The van der Waals surface area contributed by atoms with Gasteiger partial charge in [0.1, 0.15) is 0 Å². The van der Waals surface area contributed by atoms with Crippen LogP contribution in [0.1, 0.15) is 125 Å². The maximum atomic E-state index is 13.1. The molecule has 2 rings (SSSR count). The third-order valence-corrected chi connectivity index (χ3v) is 6.63. The van der Waals surface area contributed by atoms with Gasteiger partial charge in [0.2, 0.25) is 0 Å². The maximum absolute atomic E-state index is 13.1. The van der Waals surface area contributed by atoms with Crippen LogP contribution < -0.4 is 5.32 Å². The fourth-order valence-electron chi connectivity index (χ4n) is 4.55. The molecule has 8 nitrogen and oxygen atoms in total. The lowest BCUT2D eigenvalue weighted by molar-refractivity contribution is 0.0651. The molecule has 0 aromatic heterocycles. The summed E-state index contributed by atoms with van der Waals surface area (Å²) in [5.74, 6) is -4.69. The lowest BCUT2D eigenvalue weighted by Gasteiger charge is -2.14. The zero-order valence-electron chi connectivity index (χ0n) is 22.1. The van der Waals surface area contributed by atoms with Gasteiger partial charge in [-0.3, -0.25) is 4.79 Å². The van der Waals surface area contributed by atoms with Gasteiger partial charge < -0.3 is 20.6 Å². The molecule has 0 aliphatic heterocycles. The van der Waals surface area contributed by atoms with Gasteiger partial charge in [0.25, 0.3) is 5.91 Å². The van der Waals surface area contributed by atoms with Crippen LogP contribution in [0.25, 0.3) is 11.1 Å². The van der Waals surface area contributed by atoms with Gasteiger partial charge in [-0.05, 0) is 35.7 Å². The number of carboxylic acid groups (broad SMARTS) is 3. The Morgan fingerprint density at radius 3 is 1.68 bits per heavy atom. The summed E-state index contributed by atoms with van der Waals surface area (Å²) in [6.07, 6.45) is 14.3. The number of hydrogen-bond donors (Lipinski definition) is 4. The van der Waals surface area contributed by atoms with Gasteiger partial charge in [0.05, 0.1) is 22.3 Å². The van der Waals surface area contributed by atoms with E-state index in [1.54, 1.807) is 0 Å². The van der Waals surface area contributed by atoms with E-state index in [-0.39, 0.29) is 22.3 Å². The molecule has 8 heteroatoms. The summed E-state index contributed by atoms with van der Waals surface area (Å²) >= 11 is 0. The van der Waals surface area contributed by atoms with E-state index in [1.165, 1.54) is 75.6 Å². The van der Waals surface area contributed by atoms with Crippen molar-refractivity contribution >= 4 is 23.8 Å². The zero-order chi connectivity index (χ0) is 27.9. The molecule has 2 aromatic rings. The molecule has 2 aromatic carbocycles. The molecule has 0 saturated carbocycles. The second-order valence-electron chi connectivity index (χ2n) is 9.55. The first-order valence-electron chi connectivity index (χ1n) is 13.5. The minimum absolute atomic E-state index is 0.0849. The molecule has 0 unspecified atom stereocenters. The Kier molecular flexibility index (Phi) is 13.0. The molecular weight excluding hydrogens is 486 g/mol. The summed E-state index contributed by atoms with van der Waals surface area (Å²) in [7, 11) is 0. The average Bonchev–Trinajstić information content (AvgIpc) is 2.90. The second kappa shape index (κ2) is 16.2. The molecule has 0 radical (unpaired) electrons. The summed E-state index contributed by atoms with van der Waals surface area (Å²) in [6.45, 7) is 2.61. The molecule has 206 valence electrons. The van der Waals surface area contributed by atoms with E-state index >= 15 is 0 Å². The molecule has 38 heavy (non-hydrogen) atoms. The lowest BCUT2D eigenvalue weighted by Crippen LogP contribution is -2.27. The number of aromatic carboxylic acids is 3. The van der Waals surface area contributed by atoms with Crippen molar-refractivity contribution in [2.75, 3.05) is 6.54 Å².